The maximum Gasteiger partial charge on any atom is 0.407 e. The van der Waals surface area contributed by atoms with Crippen molar-refractivity contribution < 1.29 is 34.1 Å². The monoisotopic (exact) mass is 552 g/mol. The van der Waals surface area contributed by atoms with Gasteiger partial charge in [-0.05, 0) is 82.6 Å². The first-order chi connectivity index (χ1) is 18.1. The lowest BCUT2D eigenvalue weighted by Gasteiger charge is -2.62. The Morgan fingerprint density at radius 2 is 1.85 bits per heavy atom. The number of ketones is 1. The molecular weight excluding hydrogens is 500 g/mol. The molecule has 0 aromatic heterocycles. The third-order valence-electron chi connectivity index (χ3n) is 10.4. The maximum atomic E-state index is 13.7. The summed E-state index contributed by atoms with van der Waals surface area (Å²) in [6, 6.07) is 0. The first kappa shape index (κ1) is 31.8. The quantitative estimate of drug-likeness (QED) is 0.252. The van der Waals surface area contributed by atoms with Gasteiger partial charge in [0.2, 0.25) is 0 Å². The Hall–Kier alpha value is -1.71. The fourth-order valence-electron chi connectivity index (χ4n) is 7.94. The number of rotatable bonds is 9. The largest absolute Gasteiger partial charge is 0.460 e. The molecule has 39 heavy (non-hydrogen) atoms. The lowest BCUT2D eigenvalue weighted by Crippen LogP contribution is -2.65. The predicted octanol–water partition coefficient (Wildman–Crippen LogP) is 3.59. The van der Waals surface area contributed by atoms with Crippen molar-refractivity contribution >= 4 is 17.8 Å². The van der Waals surface area contributed by atoms with Crippen LogP contribution >= 0.6 is 0 Å². The summed E-state index contributed by atoms with van der Waals surface area (Å²) in [6.45, 7) is 14.9. The van der Waals surface area contributed by atoms with Crippen molar-refractivity contribution in [2.24, 2.45) is 34.0 Å². The van der Waals surface area contributed by atoms with Crippen molar-refractivity contribution in [1.82, 2.24) is 10.6 Å². The van der Waals surface area contributed by atoms with E-state index in [1.165, 1.54) is 0 Å². The van der Waals surface area contributed by atoms with Gasteiger partial charge in [-0.2, -0.15) is 0 Å². The molecule has 224 valence electrons. The topological polar surface area (TPSA) is 134 Å². The second-order valence-electron chi connectivity index (χ2n) is 13.8. The minimum absolute atomic E-state index is 0.140. The van der Waals surface area contributed by atoms with E-state index in [2.05, 4.69) is 38.3 Å². The molecule has 8 atom stereocenters. The molecule has 4 N–H and O–H groups in total. The number of aliphatic hydroxyl groups is 2. The fourth-order valence-corrected chi connectivity index (χ4v) is 7.94. The van der Waals surface area contributed by atoms with Crippen molar-refractivity contribution in [3.8, 4) is 0 Å². The Labute approximate surface area is 234 Å². The van der Waals surface area contributed by atoms with E-state index in [1.54, 1.807) is 0 Å². The van der Waals surface area contributed by atoms with Gasteiger partial charge in [0, 0.05) is 36.8 Å². The molecule has 3 rings (SSSR count). The predicted molar refractivity (Wildman–Crippen MR) is 148 cm³/mol. The number of hydrogen-bond acceptors (Lipinski definition) is 8. The number of esters is 1. The molecule has 1 unspecified atom stereocenters. The van der Waals surface area contributed by atoms with Gasteiger partial charge in [0.1, 0.15) is 24.1 Å². The highest BCUT2D eigenvalue weighted by Gasteiger charge is 2.69. The number of nitrogens with one attached hydrogen (secondary N) is 2. The Kier molecular flexibility index (Phi) is 9.81. The summed E-state index contributed by atoms with van der Waals surface area (Å²) < 4.78 is 11.2. The summed E-state index contributed by atoms with van der Waals surface area (Å²) in [4.78, 5) is 38.0. The molecule has 0 aromatic carbocycles. The third-order valence-corrected chi connectivity index (χ3v) is 10.4. The van der Waals surface area contributed by atoms with E-state index in [-0.39, 0.29) is 29.0 Å². The Morgan fingerprint density at radius 3 is 2.46 bits per heavy atom. The van der Waals surface area contributed by atoms with Crippen LogP contribution in [0.25, 0.3) is 0 Å². The smallest absolute Gasteiger partial charge is 0.407 e. The molecule has 9 heteroatoms. The summed E-state index contributed by atoms with van der Waals surface area (Å²) in [6.07, 6.45) is 3.07. The number of carbonyl (C=O) groups is 3. The molecule has 1 amide bonds. The van der Waals surface area contributed by atoms with E-state index in [0.29, 0.717) is 45.3 Å². The molecule has 2 bridgehead atoms. The molecule has 0 aromatic rings. The average Bonchev–Trinajstić information content (AvgIpc) is 3.21. The van der Waals surface area contributed by atoms with Crippen LogP contribution < -0.4 is 10.6 Å². The Morgan fingerprint density at radius 1 is 1.15 bits per heavy atom. The zero-order valence-electron chi connectivity index (χ0n) is 25.1. The second kappa shape index (κ2) is 12.0. The summed E-state index contributed by atoms with van der Waals surface area (Å²) in [5, 5.41) is 27.9. The highest BCUT2D eigenvalue weighted by atomic mass is 16.6. The van der Waals surface area contributed by atoms with Crippen LogP contribution in [0.2, 0.25) is 0 Å². The number of ether oxygens (including phenoxy) is 2. The van der Waals surface area contributed by atoms with E-state index in [0.717, 1.165) is 19.3 Å². The molecular formula is C30H52N2O7. The van der Waals surface area contributed by atoms with E-state index < -0.39 is 47.3 Å². The van der Waals surface area contributed by atoms with E-state index >= 15 is 0 Å². The molecule has 0 heterocycles. The molecule has 0 aliphatic heterocycles. The van der Waals surface area contributed by atoms with Gasteiger partial charge in [-0.1, -0.05) is 27.7 Å². The molecule has 0 radical (unpaired) electrons. The van der Waals surface area contributed by atoms with Gasteiger partial charge in [-0.3, -0.25) is 4.79 Å². The molecule has 3 fully saturated rings. The standard InChI is InChI=1S/C30H52N2O7/c1-8-28(6)16-22(38-23(35)18-33)29(7)19(2)10-12-30(13-11-21(34)24(29)30)20(25(28)36)17-31-14-9-15-32-26(37)39-27(3,4)5/h19-20,22,24-25,31,33,36H,8-18H2,1-7H3,(H,32,37)/t19-,20-,22-,24?,25+,28+,29+,30+/m1/s1. The van der Waals surface area contributed by atoms with Gasteiger partial charge in [-0.25, -0.2) is 9.59 Å². The first-order valence-electron chi connectivity index (χ1n) is 14.8. The summed E-state index contributed by atoms with van der Waals surface area (Å²) >= 11 is 0. The van der Waals surface area contributed by atoms with Crippen LogP contribution in [0.15, 0.2) is 0 Å². The van der Waals surface area contributed by atoms with Crippen LogP contribution in [0.4, 0.5) is 4.79 Å². The minimum Gasteiger partial charge on any atom is -0.460 e. The molecule has 3 aliphatic rings. The SMILES string of the molecule is CC[C@@]1(C)C[C@@H](OC(=O)CO)[C@@]2(C)C3C(=O)CC[C@@]3(CC[C@H]2C)[C@H](CNCCCNC(=O)OC(C)(C)C)[C@@H]1O. The van der Waals surface area contributed by atoms with Crippen LogP contribution in [-0.2, 0) is 19.1 Å². The van der Waals surface area contributed by atoms with Gasteiger partial charge in [0.05, 0.1) is 6.10 Å². The summed E-state index contributed by atoms with van der Waals surface area (Å²) in [5.41, 5.74) is -2.05. The van der Waals surface area contributed by atoms with Gasteiger partial charge in [0.15, 0.2) is 0 Å². The second-order valence-corrected chi connectivity index (χ2v) is 13.8. The fraction of sp³-hybridized carbons (Fsp3) is 0.900. The lowest BCUT2D eigenvalue weighted by molar-refractivity contribution is -0.214. The van der Waals surface area contributed by atoms with Gasteiger partial charge in [0.25, 0.3) is 0 Å². The third kappa shape index (κ3) is 6.30. The number of carbonyl (C=O) groups excluding carboxylic acids is 3. The van der Waals surface area contributed by atoms with Crippen molar-refractivity contribution in [2.45, 2.75) is 111 Å². The minimum atomic E-state index is -0.703. The van der Waals surface area contributed by atoms with Crippen molar-refractivity contribution in [3.63, 3.8) is 0 Å². The highest BCUT2D eigenvalue weighted by molar-refractivity contribution is 5.85. The van der Waals surface area contributed by atoms with E-state index in [4.69, 9.17) is 9.47 Å². The van der Waals surface area contributed by atoms with Gasteiger partial charge < -0.3 is 30.3 Å². The van der Waals surface area contributed by atoms with Crippen LogP contribution in [0.3, 0.4) is 0 Å². The first-order valence-corrected chi connectivity index (χ1v) is 14.8. The number of hydrogen-bond donors (Lipinski definition) is 4. The highest BCUT2D eigenvalue weighted by Crippen LogP contribution is 2.68. The number of amides is 1. The van der Waals surface area contributed by atoms with E-state index in [9.17, 15) is 24.6 Å². The zero-order chi connectivity index (χ0) is 29.2. The van der Waals surface area contributed by atoms with Crippen LogP contribution in [0.1, 0.15) is 93.4 Å². The Bertz CT molecular complexity index is 904. The zero-order valence-corrected chi connectivity index (χ0v) is 25.1. The molecule has 0 spiro atoms. The maximum absolute atomic E-state index is 13.7. The van der Waals surface area contributed by atoms with Crippen molar-refractivity contribution in [2.75, 3.05) is 26.2 Å². The van der Waals surface area contributed by atoms with E-state index in [1.807, 2.05) is 20.8 Å². The average molecular weight is 553 g/mol. The number of alkyl carbamates (subject to hydrolysis) is 1. The normalized spacial score (nSPS) is 38.4. The van der Waals surface area contributed by atoms with Gasteiger partial charge in [-0.15, -0.1) is 0 Å². The van der Waals surface area contributed by atoms with Crippen molar-refractivity contribution in [1.29, 1.82) is 0 Å². The molecule has 3 saturated carbocycles. The molecule has 3 aliphatic carbocycles. The van der Waals surface area contributed by atoms with Crippen LogP contribution in [-0.4, -0.2) is 72.1 Å². The van der Waals surface area contributed by atoms with Crippen LogP contribution in [0.5, 0.6) is 0 Å². The van der Waals surface area contributed by atoms with Gasteiger partial charge >= 0.3 is 12.1 Å². The molecule has 9 nitrogen and oxygen atoms in total. The summed E-state index contributed by atoms with van der Waals surface area (Å²) in [7, 11) is 0. The van der Waals surface area contributed by atoms with Crippen molar-refractivity contribution in [3.05, 3.63) is 0 Å². The molecule has 0 saturated heterocycles. The number of Topliss-reactive ketones (excluding diaryl/α,β-unsaturated/α-hetero) is 1. The number of aliphatic hydroxyl groups excluding tert-OH is 2. The lowest BCUT2D eigenvalue weighted by atomic mass is 9.43. The Balaban J connectivity index is 1.84. The summed E-state index contributed by atoms with van der Waals surface area (Å²) in [5.74, 6) is -0.784. The van der Waals surface area contributed by atoms with Crippen LogP contribution in [0, 0.1) is 34.0 Å².